The molecule has 0 fully saturated rings. The standard InChI is InChI=1S/C46H27N5O2/c1-2-13-28(14-3-1)43-48-44(29-15-10-16-30(27-29)51-37-23-7-4-17-31(37)32-18-5-8-24-38(32)51)50-45(49-43)34-20-12-26-40-41(34)33-19-11-21-35(42(33)52-40)46-47-36-22-6-9-25-39(36)53-46/h1-27H. The van der Waals surface area contributed by atoms with E-state index in [1.54, 1.807) is 0 Å². The molecule has 11 rings (SSSR count). The Kier molecular flexibility index (Phi) is 6.42. The second-order valence-electron chi connectivity index (χ2n) is 13.0. The minimum Gasteiger partial charge on any atom is -0.455 e. The highest BCUT2D eigenvalue weighted by Crippen LogP contribution is 2.41. The average Bonchev–Trinajstić information content (AvgIpc) is 3.93. The number of rotatable bonds is 5. The lowest BCUT2D eigenvalue weighted by molar-refractivity contribution is 0.615. The van der Waals surface area contributed by atoms with Crippen molar-refractivity contribution in [2.75, 3.05) is 0 Å². The number of hydrogen-bond acceptors (Lipinski definition) is 6. The largest absolute Gasteiger partial charge is 0.455 e. The molecule has 248 valence electrons. The Hall–Kier alpha value is -7.38. The van der Waals surface area contributed by atoms with Gasteiger partial charge in [-0.2, -0.15) is 0 Å². The molecule has 7 heteroatoms. The summed E-state index contributed by atoms with van der Waals surface area (Å²) in [6, 6.07) is 55.3. The Labute approximate surface area is 302 Å². The van der Waals surface area contributed by atoms with Gasteiger partial charge in [-0.1, -0.05) is 115 Å². The molecule has 4 heterocycles. The smallest absolute Gasteiger partial charge is 0.231 e. The van der Waals surface area contributed by atoms with Gasteiger partial charge in [0.05, 0.1) is 16.6 Å². The van der Waals surface area contributed by atoms with Crippen molar-refractivity contribution in [3.05, 3.63) is 164 Å². The van der Waals surface area contributed by atoms with Crippen LogP contribution in [0, 0.1) is 0 Å². The summed E-state index contributed by atoms with van der Waals surface area (Å²) in [5.41, 5.74) is 9.65. The van der Waals surface area contributed by atoms with Gasteiger partial charge in [-0.15, -0.1) is 0 Å². The van der Waals surface area contributed by atoms with Gasteiger partial charge in [0.15, 0.2) is 23.1 Å². The minimum absolute atomic E-state index is 0.509. The lowest BCUT2D eigenvalue weighted by Gasteiger charge is -2.12. The Morgan fingerprint density at radius 3 is 1.83 bits per heavy atom. The van der Waals surface area contributed by atoms with E-state index in [0.717, 1.165) is 66.4 Å². The number of aromatic nitrogens is 5. The number of para-hydroxylation sites is 5. The van der Waals surface area contributed by atoms with Gasteiger partial charge in [0.25, 0.3) is 0 Å². The fraction of sp³-hybridized carbons (Fsp3) is 0. The molecule has 0 saturated heterocycles. The zero-order valence-corrected chi connectivity index (χ0v) is 28.1. The summed E-state index contributed by atoms with van der Waals surface area (Å²) in [6.45, 7) is 0. The van der Waals surface area contributed by atoms with E-state index in [9.17, 15) is 0 Å². The number of fused-ring (bicyclic) bond motifs is 7. The highest BCUT2D eigenvalue weighted by molar-refractivity contribution is 6.15. The van der Waals surface area contributed by atoms with Gasteiger partial charge in [-0.3, -0.25) is 0 Å². The molecule has 53 heavy (non-hydrogen) atoms. The molecule has 0 bridgehead atoms. The molecule has 7 nitrogen and oxygen atoms in total. The summed E-state index contributed by atoms with van der Waals surface area (Å²) in [7, 11) is 0. The highest BCUT2D eigenvalue weighted by atomic mass is 16.4. The van der Waals surface area contributed by atoms with Crippen molar-refractivity contribution < 1.29 is 8.83 Å². The van der Waals surface area contributed by atoms with Gasteiger partial charge in [0.2, 0.25) is 5.89 Å². The quantitative estimate of drug-likeness (QED) is 0.180. The van der Waals surface area contributed by atoms with E-state index in [4.69, 9.17) is 28.8 Å². The van der Waals surface area contributed by atoms with Crippen molar-refractivity contribution >= 4 is 54.8 Å². The molecule has 0 radical (unpaired) electrons. The van der Waals surface area contributed by atoms with Gasteiger partial charge >= 0.3 is 0 Å². The molecule has 0 atom stereocenters. The molecule has 11 aromatic rings. The van der Waals surface area contributed by atoms with Crippen LogP contribution in [0.25, 0.3) is 106 Å². The second-order valence-corrected chi connectivity index (χ2v) is 13.0. The van der Waals surface area contributed by atoms with Crippen LogP contribution in [0.5, 0.6) is 0 Å². The SMILES string of the molecule is c1ccc(-c2nc(-c3cccc(-n4c5ccccc5c5ccccc54)c3)nc(-c3cccc4oc5c(-c6nc7ccccc7o6)cccc5c34)n2)cc1. The summed E-state index contributed by atoms with van der Waals surface area (Å²) in [5.74, 6) is 2.23. The zero-order valence-electron chi connectivity index (χ0n) is 28.1. The molecule has 0 N–H and O–H groups in total. The van der Waals surface area contributed by atoms with Crippen molar-refractivity contribution in [2.45, 2.75) is 0 Å². The van der Waals surface area contributed by atoms with Gasteiger partial charge in [0, 0.05) is 43.9 Å². The molecule has 0 spiro atoms. The van der Waals surface area contributed by atoms with Crippen molar-refractivity contribution in [1.29, 1.82) is 0 Å². The maximum absolute atomic E-state index is 6.58. The van der Waals surface area contributed by atoms with Gasteiger partial charge in [-0.25, -0.2) is 19.9 Å². The van der Waals surface area contributed by atoms with Crippen LogP contribution >= 0.6 is 0 Å². The molecule has 0 aliphatic heterocycles. The lowest BCUT2D eigenvalue weighted by Crippen LogP contribution is -2.01. The second kappa shape index (κ2) is 11.6. The fourth-order valence-corrected chi connectivity index (χ4v) is 7.52. The van der Waals surface area contributed by atoms with Gasteiger partial charge in [-0.05, 0) is 48.5 Å². The molecule has 0 aliphatic carbocycles. The number of nitrogens with zero attached hydrogens (tertiary/aromatic N) is 5. The normalized spacial score (nSPS) is 11.8. The van der Waals surface area contributed by atoms with Crippen LogP contribution in [-0.4, -0.2) is 24.5 Å². The molecular weight excluding hydrogens is 655 g/mol. The number of oxazole rings is 1. The summed E-state index contributed by atoms with van der Waals surface area (Å²) >= 11 is 0. The van der Waals surface area contributed by atoms with Crippen molar-refractivity contribution in [3.63, 3.8) is 0 Å². The molecule has 0 saturated carbocycles. The highest BCUT2D eigenvalue weighted by Gasteiger charge is 2.21. The van der Waals surface area contributed by atoms with E-state index in [0.29, 0.717) is 28.9 Å². The summed E-state index contributed by atoms with van der Waals surface area (Å²) in [4.78, 5) is 20.1. The third kappa shape index (κ3) is 4.68. The summed E-state index contributed by atoms with van der Waals surface area (Å²) < 4.78 is 15.1. The first-order valence-corrected chi connectivity index (χ1v) is 17.5. The van der Waals surface area contributed by atoms with E-state index >= 15 is 0 Å². The molecule has 7 aromatic carbocycles. The Morgan fingerprint density at radius 1 is 0.415 bits per heavy atom. The van der Waals surface area contributed by atoms with E-state index in [-0.39, 0.29) is 0 Å². The molecule has 0 amide bonds. The van der Waals surface area contributed by atoms with Crippen LogP contribution in [0.15, 0.2) is 173 Å². The predicted molar refractivity (Wildman–Crippen MR) is 211 cm³/mol. The van der Waals surface area contributed by atoms with Gasteiger partial charge in [0.1, 0.15) is 16.7 Å². The average molecular weight is 682 g/mol. The predicted octanol–water partition coefficient (Wildman–Crippen LogP) is 11.7. The van der Waals surface area contributed by atoms with E-state index in [2.05, 4.69) is 83.4 Å². The molecule has 0 unspecified atom stereocenters. The number of furan rings is 1. The number of benzene rings is 7. The molecular formula is C46H27N5O2. The van der Waals surface area contributed by atoms with Crippen LogP contribution in [0.2, 0.25) is 0 Å². The molecule has 0 aliphatic rings. The zero-order chi connectivity index (χ0) is 34.9. The van der Waals surface area contributed by atoms with Crippen LogP contribution in [-0.2, 0) is 0 Å². The number of hydrogen-bond donors (Lipinski definition) is 0. The Bertz CT molecular complexity index is 3110. The van der Waals surface area contributed by atoms with E-state index in [1.165, 1.54) is 10.8 Å². The maximum Gasteiger partial charge on any atom is 0.231 e. The monoisotopic (exact) mass is 681 g/mol. The lowest BCUT2D eigenvalue weighted by atomic mass is 10.0. The van der Waals surface area contributed by atoms with E-state index in [1.807, 2.05) is 84.9 Å². The van der Waals surface area contributed by atoms with Crippen LogP contribution < -0.4 is 0 Å². The fourth-order valence-electron chi connectivity index (χ4n) is 7.52. The first-order chi connectivity index (χ1) is 26.3. The summed E-state index contributed by atoms with van der Waals surface area (Å²) in [6.07, 6.45) is 0. The minimum atomic E-state index is 0.509. The summed E-state index contributed by atoms with van der Waals surface area (Å²) in [5, 5.41) is 4.26. The first-order valence-electron chi connectivity index (χ1n) is 17.5. The molecule has 4 aromatic heterocycles. The van der Waals surface area contributed by atoms with E-state index < -0.39 is 0 Å². The Balaban J connectivity index is 1.12. The van der Waals surface area contributed by atoms with Crippen LogP contribution in [0.3, 0.4) is 0 Å². The third-order valence-corrected chi connectivity index (χ3v) is 9.90. The maximum atomic E-state index is 6.58. The van der Waals surface area contributed by atoms with Crippen molar-refractivity contribution in [1.82, 2.24) is 24.5 Å². The van der Waals surface area contributed by atoms with Crippen molar-refractivity contribution in [3.8, 4) is 51.3 Å². The topological polar surface area (TPSA) is 82.8 Å². The van der Waals surface area contributed by atoms with Crippen LogP contribution in [0.4, 0.5) is 0 Å². The third-order valence-electron chi connectivity index (χ3n) is 9.90. The Morgan fingerprint density at radius 2 is 1.02 bits per heavy atom. The first kappa shape index (κ1) is 29.4. The van der Waals surface area contributed by atoms with Crippen LogP contribution in [0.1, 0.15) is 0 Å². The van der Waals surface area contributed by atoms with Gasteiger partial charge < -0.3 is 13.4 Å². The van der Waals surface area contributed by atoms with Crippen molar-refractivity contribution in [2.24, 2.45) is 0 Å².